The van der Waals surface area contributed by atoms with Gasteiger partial charge in [-0.2, -0.15) is 0 Å². The molecule has 0 saturated carbocycles. The number of methoxy groups -OCH3 is 1. The summed E-state index contributed by atoms with van der Waals surface area (Å²) in [7, 11) is 1.31. The van der Waals surface area contributed by atoms with Gasteiger partial charge in [0, 0.05) is 0 Å². The van der Waals surface area contributed by atoms with Crippen molar-refractivity contribution in [2.45, 2.75) is 32.8 Å². The summed E-state index contributed by atoms with van der Waals surface area (Å²) in [5.74, 6) is 0. The molecule has 0 aliphatic heterocycles. The highest BCUT2D eigenvalue weighted by Gasteiger charge is 2.09. The number of allylic oxidation sites excluding steroid dienone is 1. The van der Waals surface area contributed by atoms with E-state index in [1.807, 2.05) is 26.0 Å². The molecule has 0 fully saturated rings. The molecule has 0 rings (SSSR count). The van der Waals surface area contributed by atoms with Gasteiger partial charge in [0.15, 0.2) is 0 Å². The average Bonchev–Trinajstić information content (AvgIpc) is 2.05. The van der Waals surface area contributed by atoms with E-state index in [1.165, 1.54) is 7.11 Å². The van der Waals surface area contributed by atoms with Crippen molar-refractivity contribution in [3.8, 4) is 0 Å². The Hall–Kier alpha value is -0.990. The van der Waals surface area contributed by atoms with E-state index < -0.39 is 6.16 Å². The second-order valence-corrected chi connectivity index (χ2v) is 2.42. The number of carbonyl (C=O) groups excluding carboxylic acids is 1. The normalized spacial score (nSPS) is 12.9. The van der Waals surface area contributed by atoms with Crippen molar-refractivity contribution in [3.63, 3.8) is 0 Å². The molecular weight excluding hydrogens is 156 g/mol. The largest absolute Gasteiger partial charge is 0.508 e. The molecule has 0 aliphatic carbocycles. The topological polar surface area (TPSA) is 35.5 Å². The number of rotatable bonds is 4. The Bertz CT molecular complexity index is 152. The lowest BCUT2D eigenvalue weighted by Crippen LogP contribution is -2.15. The molecule has 0 aromatic carbocycles. The molecule has 0 saturated heterocycles. The van der Waals surface area contributed by atoms with Crippen LogP contribution in [0.15, 0.2) is 12.2 Å². The maximum atomic E-state index is 10.7. The van der Waals surface area contributed by atoms with Crippen LogP contribution in [0, 0.1) is 0 Å². The van der Waals surface area contributed by atoms with Crippen LogP contribution in [-0.4, -0.2) is 19.4 Å². The first kappa shape index (κ1) is 11.0. The van der Waals surface area contributed by atoms with E-state index in [1.54, 1.807) is 0 Å². The third-order valence-electron chi connectivity index (χ3n) is 1.39. The summed E-state index contributed by atoms with van der Waals surface area (Å²) in [6.07, 6.45) is 4.76. The van der Waals surface area contributed by atoms with Crippen molar-refractivity contribution in [1.29, 1.82) is 0 Å². The summed E-state index contributed by atoms with van der Waals surface area (Å²) >= 11 is 0. The predicted molar refractivity (Wildman–Crippen MR) is 47.0 cm³/mol. The number of carbonyl (C=O) groups is 1. The Balaban J connectivity index is 3.85. The zero-order valence-electron chi connectivity index (χ0n) is 7.87. The van der Waals surface area contributed by atoms with Crippen molar-refractivity contribution in [3.05, 3.63) is 12.2 Å². The van der Waals surface area contributed by atoms with Crippen molar-refractivity contribution in [2.75, 3.05) is 7.11 Å². The minimum Gasteiger partial charge on any atom is -0.438 e. The Kier molecular flexibility index (Phi) is 6.15. The van der Waals surface area contributed by atoms with Gasteiger partial charge < -0.3 is 9.47 Å². The number of hydrogen-bond donors (Lipinski definition) is 0. The van der Waals surface area contributed by atoms with E-state index in [2.05, 4.69) is 4.74 Å². The van der Waals surface area contributed by atoms with Crippen molar-refractivity contribution in [2.24, 2.45) is 0 Å². The molecule has 0 aromatic rings. The van der Waals surface area contributed by atoms with Gasteiger partial charge in [0.25, 0.3) is 0 Å². The smallest absolute Gasteiger partial charge is 0.438 e. The lowest BCUT2D eigenvalue weighted by molar-refractivity contribution is 0.0498. The first-order chi connectivity index (χ1) is 5.74. The van der Waals surface area contributed by atoms with Crippen molar-refractivity contribution < 1.29 is 14.3 Å². The highest BCUT2D eigenvalue weighted by atomic mass is 16.7. The highest BCUT2D eigenvalue weighted by molar-refractivity contribution is 5.60. The summed E-state index contributed by atoms with van der Waals surface area (Å²) < 4.78 is 9.31. The van der Waals surface area contributed by atoms with Crippen molar-refractivity contribution >= 4 is 6.16 Å². The maximum Gasteiger partial charge on any atom is 0.508 e. The second kappa shape index (κ2) is 6.70. The SMILES string of the molecule is C/C=C\C(CCC)OC(=O)OC. The molecule has 1 unspecified atom stereocenters. The van der Waals surface area contributed by atoms with Gasteiger partial charge >= 0.3 is 6.16 Å². The molecule has 12 heavy (non-hydrogen) atoms. The molecule has 0 aromatic heterocycles. The molecule has 0 amide bonds. The molecule has 3 nitrogen and oxygen atoms in total. The van der Waals surface area contributed by atoms with Crippen LogP contribution in [0.3, 0.4) is 0 Å². The van der Waals surface area contributed by atoms with Crippen molar-refractivity contribution in [1.82, 2.24) is 0 Å². The number of ether oxygens (including phenoxy) is 2. The highest BCUT2D eigenvalue weighted by Crippen LogP contribution is 2.04. The van der Waals surface area contributed by atoms with Gasteiger partial charge in [0.1, 0.15) is 6.10 Å². The molecule has 0 radical (unpaired) electrons. The van der Waals surface area contributed by atoms with Crippen LogP contribution in [0.5, 0.6) is 0 Å². The van der Waals surface area contributed by atoms with Gasteiger partial charge in [-0.1, -0.05) is 19.4 Å². The molecule has 0 heterocycles. The summed E-state index contributed by atoms with van der Waals surface area (Å²) in [4.78, 5) is 10.7. The third kappa shape index (κ3) is 4.77. The van der Waals surface area contributed by atoms with Crippen LogP contribution >= 0.6 is 0 Å². The summed E-state index contributed by atoms with van der Waals surface area (Å²) in [5, 5.41) is 0. The lowest BCUT2D eigenvalue weighted by Gasteiger charge is -2.11. The van der Waals surface area contributed by atoms with E-state index in [0.717, 1.165) is 12.8 Å². The summed E-state index contributed by atoms with van der Waals surface area (Å²) in [6, 6.07) is 0. The quantitative estimate of drug-likeness (QED) is 0.483. The maximum absolute atomic E-state index is 10.7. The Labute approximate surface area is 73.4 Å². The minimum atomic E-state index is -0.619. The zero-order valence-corrected chi connectivity index (χ0v) is 7.87. The molecule has 0 N–H and O–H groups in total. The van der Waals surface area contributed by atoms with E-state index in [-0.39, 0.29) is 6.10 Å². The molecule has 3 heteroatoms. The van der Waals surface area contributed by atoms with Crippen LogP contribution in [0.4, 0.5) is 4.79 Å². The van der Waals surface area contributed by atoms with E-state index >= 15 is 0 Å². The van der Waals surface area contributed by atoms with Crippen LogP contribution in [0.1, 0.15) is 26.7 Å². The van der Waals surface area contributed by atoms with Gasteiger partial charge in [-0.25, -0.2) is 4.79 Å². The molecule has 1 atom stereocenters. The number of hydrogen-bond acceptors (Lipinski definition) is 3. The fourth-order valence-corrected chi connectivity index (χ4v) is 0.865. The van der Waals surface area contributed by atoms with E-state index in [4.69, 9.17) is 4.74 Å². The van der Waals surface area contributed by atoms with Gasteiger partial charge in [-0.15, -0.1) is 0 Å². The predicted octanol–water partition coefficient (Wildman–Crippen LogP) is 2.51. The summed E-state index contributed by atoms with van der Waals surface area (Å²) in [6.45, 7) is 3.93. The zero-order chi connectivity index (χ0) is 9.40. The Morgan fingerprint density at radius 2 is 2.25 bits per heavy atom. The molecule has 70 valence electrons. The van der Waals surface area contributed by atoms with Gasteiger partial charge in [-0.05, 0) is 19.4 Å². The van der Waals surface area contributed by atoms with Gasteiger partial charge in [0.2, 0.25) is 0 Å². The fraction of sp³-hybridized carbons (Fsp3) is 0.667. The first-order valence-electron chi connectivity index (χ1n) is 4.12. The lowest BCUT2D eigenvalue weighted by atomic mass is 10.2. The first-order valence-corrected chi connectivity index (χ1v) is 4.12. The van der Waals surface area contributed by atoms with Crippen LogP contribution in [-0.2, 0) is 9.47 Å². The molecular formula is C9H16O3. The minimum absolute atomic E-state index is 0.146. The van der Waals surface area contributed by atoms with Crippen LogP contribution in [0.25, 0.3) is 0 Å². The second-order valence-electron chi connectivity index (χ2n) is 2.42. The Morgan fingerprint density at radius 3 is 2.67 bits per heavy atom. The molecule has 0 bridgehead atoms. The van der Waals surface area contributed by atoms with Gasteiger partial charge in [0.05, 0.1) is 7.11 Å². The average molecular weight is 172 g/mol. The molecule has 0 aliphatic rings. The monoisotopic (exact) mass is 172 g/mol. The van der Waals surface area contributed by atoms with Gasteiger partial charge in [-0.3, -0.25) is 0 Å². The van der Waals surface area contributed by atoms with E-state index in [0.29, 0.717) is 0 Å². The fourth-order valence-electron chi connectivity index (χ4n) is 0.865. The summed E-state index contributed by atoms with van der Waals surface area (Å²) in [5.41, 5.74) is 0. The Morgan fingerprint density at radius 1 is 1.58 bits per heavy atom. The third-order valence-corrected chi connectivity index (χ3v) is 1.39. The standard InChI is InChI=1S/C9H16O3/c1-4-6-8(7-5-2)12-9(10)11-3/h4,6,8H,5,7H2,1-3H3/b6-4-. The van der Waals surface area contributed by atoms with Crippen LogP contribution in [0.2, 0.25) is 0 Å². The molecule has 0 spiro atoms. The van der Waals surface area contributed by atoms with Crippen LogP contribution < -0.4 is 0 Å². The van der Waals surface area contributed by atoms with E-state index in [9.17, 15) is 4.79 Å².